The Hall–Kier alpha value is -2.97. The molecule has 9 nitrogen and oxygen atoms in total. The summed E-state index contributed by atoms with van der Waals surface area (Å²) in [5.74, 6) is 0.0934. The van der Waals surface area contributed by atoms with Crippen LogP contribution in [0.25, 0.3) is 6.08 Å². The number of aldehydes is 1. The molecule has 0 spiro atoms. The van der Waals surface area contributed by atoms with Crippen LogP contribution in [0.4, 0.5) is 0 Å². The van der Waals surface area contributed by atoms with Crippen molar-refractivity contribution in [2.75, 3.05) is 6.54 Å². The molecule has 0 unspecified atom stereocenters. The third kappa shape index (κ3) is 6.30. The van der Waals surface area contributed by atoms with E-state index in [1.807, 2.05) is 27.7 Å². The number of aromatic nitrogens is 2. The SMILES string of the molecule is C[C@@H]1[C@@H]2CN(C(=O)[C@H](C(C)(C)C)CC(=O)O[C@@H]3C[C@H]3CCCCCc3nc(C=CN)ncc3O2)[C@@H]1C=O. The normalized spacial score (nSPS) is 31.5. The second-order valence-corrected chi connectivity index (χ2v) is 11.8. The minimum absolute atomic E-state index is 0.00163. The first kappa shape index (κ1) is 27.1. The van der Waals surface area contributed by atoms with Crippen molar-refractivity contribution in [3.05, 3.63) is 23.9 Å². The van der Waals surface area contributed by atoms with Crippen LogP contribution in [0.2, 0.25) is 0 Å². The van der Waals surface area contributed by atoms with E-state index in [9.17, 15) is 14.4 Å². The minimum Gasteiger partial charge on any atom is -0.485 e. The Balaban J connectivity index is 1.64. The third-order valence-corrected chi connectivity index (χ3v) is 8.00. The fourth-order valence-corrected chi connectivity index (χ4v) is 5.48. The maximum absolute atomic E-state index is 13.8. The largest absolute Gasteiger partial charge is 0.485 e. The summed E-state index contributed by atoms with van der Waals surface area (Å²) >= 11 is 0. The summed E-state index contributed by atoms with van der Waals surface area (Å²) in [5.41, 5.74) is 5.86. The molecule has 2 aliphatic heterocycles. The lowest BCUT2D eigenvalue weighted by Gasteiger charge is -2.34. The van der Waals surface area contributed by atoms with Gasteiger partial charge in [-0.3, -0.25) is 9.59 Å². The van der Waals surface area contributed by atoms with Crippen LogP contribution in [0.15, 0.2) is 12.4 Å². The van der Waals surface area contributed by atoms with Crippen molar-refractivity contribution in [3.63, 3.8) is 0 Å². The van der Waals surface area contributed by atoms with Crippen LogP contribution >= 0.6 is 0 Å². The van der Waals surface area contributed by atoms with E-state index in [1.54, 1.807) is 17.2 Å². The summed E-state index contributed by atoms with van der Waals surface area (Å²) in [6.45, 7) is 8.00. The van der Waals surface area contributed by atoms with Gasteiger partial charge in [0.25, 0.3) is 0 Å². The van der Waals surface area contributed by atoms with Crippen LogP contribution in [-0.2, 0) is 25.5 Å². The van der Waals surface area contributed by atoms with Crippen molar-refractivity contribution < 1.29 is 23.9 Å². The number of hydrogen-bond donors (Lipinski definition) is 1. The second-order valence-electron chi connectivity index (χ2n) is 11.8. The average molecular weight is 513 g/mol. The smallest absolute Gasteiger partial charge is 0.306 e. The topological polar surface area (TPSA) is 125 Å². The van der Waals surface area contributed by atoms with E-state index in [4.69, 9.17) is 15.2 Å². The van der Waals surface area contributed by atoms with E-state index in [2.05, 4.69) is 9.97 Å². The molecule has 6 atom stereocenters. The van der Waals surface area contributed by atoms with Gasteiger partial charge < -0.3 is 24.9 Å². The van der Waals surface area contributed by atoms with Crippen LogP contribution in [0.5, 0.6) is 5.75 Å². The van der Waals surface area contributed by atoms with Gasteiger partial charge in [0.1, 0.15) is 18.5 Å². The van der Waals surface area contributed by atoms with Gasteiger partial charge in [-0.25, -0.2) is 9.97 Å². The van der Waals surface area contributed by atoms with E-state index in [-0.39, 0.29) is 36.9 Å². The third-order valence-electron chi connectivity index (χ3n) is 8.00. The van der Waals surface area contributed by atoms with Crippen molar-refractivity contribution in [3.8, 4) is 5.75 Å². The zero-order valence-electron chi connectivity index (χ0n) is 22.4. The lowest BCUT2D eigenvalue weighted by Crippen LogP contribution is -2.46. The summed E-state index contributed by atoms with van der Waals surface area (Å²) in [5, 5.41) is 0. The number of nitrogens with zero attached hydrogens (tertiary/aromatic N) is 3. The Labute approximate surface area is 219 Å². The van der Waals surface area contributed by atoms with Crippen molar-refractivity contribution in [2.24, 2.45) is 28.9 Å². The highest BCUT2D eigenvalue weighted by Crippen LogP contribution is 2.40. The molecular weight excluding hydrogens is 472 g/mol. The number of fused-ring (bicyclic) bond motifs is 4. The molecule has 2 bridgehead atoms. The molecule has 9 heteroatoms. The van der Waals surface area contributed by atoms with Crippen LogP contribution in [0, 0.1) is 23.2 Å². The molecule has 37 heavy (non-hydrogen) atoms. The fraction of sp³-hybridized carbons (Fsp3) is 0.679. The number of carbonyl (C=O) groups is 3. The van der Waals surface area contributed by atoms with Gasteiger partial charge in [-0.1, -0.05) is 40.5 Å². The predicted octanol–water partition coefficient (Wildman–Crippen LogP) is 3.30. The first-order chi connectivity index (χ1) is 17.6. The number of ether oxygens (including phenoxy) is 2. The van der Waals surface area contributed by atoms with Crippen molar-refractivity contribution in [2.45, 2.75) is 90.9 Å². The van der Waals surface area contributed by atoms with Gasteiger partial charge in [0.15, 0.2) is 11.6 Å². The Kier molecular flexibility index (Phi) is 8.19. The van der Waals surface area contributed by atoms with Gasteiger partial charge in [0.05, 0.1) is 36.8 Å². The minimum atomic E-state index is -0.642. The summed E-state index contributed by atoms with van der Waals surface area (Å²) in [7, 11) is 0. The highest BCUT2D eigenvalue weighted by molar-refractivity contribution is 5.87. The van der Waals surface area contributed by atoms with Gasteiger partial charge in [-0.15, -0.1) is 0 Å². The van der Waals surface area contributed by atoms with E-state index >= 15 is 0 Å². The van der Waals surface area contributed by atoms with E-state index in [0.717, 1.165) is 50.5 Å². The zero-order valence-corrected chi connectivity index (χ0v) is 22.4. The molecule has 1 saturated carbocycles. The van der Waals surface area contributed by atoms with Crippen LogP contribution in [0.1, 0.15) is 77.7 Å². The molecule has 2 N–H and O–H groups in total. The maximum atomic E-state index is 13.8. The van der Waals surface area contributed by atoms with Gasteiger partial charge >= 0.3 is 5.97 Å². The molecule has 1 amide bonds. The van der Waals surface area contributed by atoms with Crippen LogP contribution in [-0.4, -0.2) is 57.8 Å². The zero-order chi connectivity index (χ0) is 26.7. The van der Waals surface area contributed by atoms with Crippen molar-refractivity contribution >= 4 is 24.2 Å². The highest BCUT2D eigenvalue weighted by atomic mass is 16.5. The number of esters is 1. The van der Waals surface area contributed by atoms with Crippen LogP contribution in [0.3, 0.4) is 0 Å². The molecule has 2 fully saturated rings. The quantitative estimate of drug-likeness (QED) is 0.473. The lowest BCUT2D eigenvalue weighted by molar-refractivity contribution is -0.153. The molecule has 4 rings (SSSR count). The second kappa shape index (κ2) is 11.2. The molecule has 0 aromatic carbocycles. The summed E-state index contributed by atoms with van der Waals surface area (Å²) < 4.78 is 12.1. The molecular formula is C28H40N4O5. The fourth-order valence-electron chi connectivity index (χ4n) is 5.48. The molecule has 3 heterocycles. The molecule has 1 saturated heterocycles. The number of hydrogen-bond acceptors (Lipinski definition) is 8. The Bertz CT molecular complexity index is 1040. The average Bonchev–Trinajstić information content (AvgIpc) is 3.49. The predicted molar refractivity (Wildman–Crippen MR) is 138 cm³/mol. The van der Waals surface area contributed by atoms with E-state index in [0.29, 0.717) is 17.5 Å². The first-order valence-corrected chi connectivity index (χ1v) is 13.5. The molecule has 3 aliphatic rings. The maximum Gasteiger partial charge on any atom is 0.306 e. The number of aryl methyl sites for hydroxylation is 1. The molecule has 0 radical (unpaired) electrons. The molecule has 202 valence electrons. The number of amides is 1. The summed E-state index contributed by atoms with van der Waals surface area (Å²) in [6.07, 6.45) is 10.7. The number of rotatable bonds is 2. The summed E-state index contributed by atoms with van der Waals surface area (Å²) in [4.78, 5) is 49.4. The number of nitrogens with two attached hydrogens (primary N) is 1. The van der Waals surface area contributed by atoms with E-state index < -0.39 is 23.5 Å². The summed E-state index contributed by atoms with van der Waals surface area (Å²) in [6, 6.07) is -0.642. The van der Waals surface area contributed by atoms with Gasteiger partial charge in [-0.05, 0) is 49.3 Å². The highest BCUT2D eigenvalue weighted by Gasteiger charge is 2.48. The molecule has 1 aliphatic carbocycles. The van der Waals surface area contributed by atoms with E-state index in [1.165, 1.54) is 6.20 Å². The van der Waals surface area contributed by atoms with Crippen LogP contribution < -0.4 is 10.5 Å². The van der Waals surface area contributed by atoms with Crippen molar-refractivity contribution in [1.82, 2.24) is 14.9 Å². The molecule has 1 aromatic rings. The Morgan fingerprint density at radius 1 is 1.14 bits per heavy atom. The van der Waals surface area contributed by atoms with Gasteiger partial charge in [0.2, 0.25) is 5.91 Å². The first-order valence-electron chi connectivity index (χ1n) is 13.5. The Morgan fingerprint density at radius 3 is 2.62 bits per heavy atom. The lowest BCUT2D eigenvalue weighted by atomic mass is 9.77. The number of carbonyl (C=O) groups excluding carboxylic acids is 3. The van der Waals surface area contributed by atoms with Crippen molar-refractivity contribution in [1.29, 1.82) is 0 Å². The van der Waals surface area contributed by atoms with Gasteiger partial charge in [0, 0.05) is 5.92 Å². The van der Waals surface area contributed by atoms with Gasteiger partial charge in [-0.2, -0.15) is 0 Å². The monoisotopic (exact) mass is 512 g/mol. The standard InChI is InChI=1S/C28H40N4O5/c1-17-21(16-33)32-15-24(17)36-23-14-30-25(10-11-29)31-20(23)9-7-5-6-8-18-12-22(18)37-26(34)13-19(27(32)35)28(2,3)4/h10-11,14,16-19,21-22,24H,5-9,12-13,15,29H2,1-4H3/t17-,18+,19+,21+,22+,24-/m0/s1. The Morgan fingerprint density at radius 2 is 1.92 bits per heavy atom. The molecule has 1 aromatic heterocycles.